The molecular formula is C10H12BrNO4S. The van der Waals surface area contributed by atoms with E-state index in [1.807, 2.05) is 6.07 Å². The number of rotatable bonds is 5. The van der Waals surface area contributed by atoms with Crippen molar-refractivity contribution in [3.05, 3.63) is 34.3 Å². The molecule has 1 aromatic carbocycles. The van der Waals surface area contributed by atoms with Crippen LogP contribution in [0.1, 0.15) is 5.56 Å². The van der Waals surface area contributed by atoms with Gasteiger partial charge >= 0.3 is 5.97 Å². The second kappa shape index (κ2) is 5.61. The summed E-state index contributed by atoms with van der Waals surface area (Å²) >= 11 is 3.27. The Balaban J connectivity index is 2.91. The highest BCUT2D eigenvalue weighted by atomic mass is 79.9. The van der Waals surface area contributed by atoms with Gasteiger partial charge in [0.2, 0.25) is 10.0 Å². The largest absolute Gasteiger partial charge is 0.480 e. The summed E-state index contributed by atoms with van der Waals surface area (Å²) in [5, 5.41) is 8.66. The number of carbonyl (C=O) groups is 1. The fourth-order valence-electron chi connectivity index (χ4n) is 1.28. The van der Waals surface area contributed by atoms with Crippen molar-refractivity contribution in [3.8, 4) is 0 Å². The number of hydrogen-bond donors (Lipinski definition) is 1. The van der Waals surface area contributed by atoms with Crippen molar-refractivity contribution in [2.45, 2.75) is 6.54 Å². The van der Waals surface area contributed by atoms with Gasteiger partial charge < -0.3 is 5.11 Å². The molecule has 1 rings (SSSR count). The van der Waals surface area contributed by atoms with Crippen LogP contribution < -0.4 is 0 Å². The van der Waals surface area contributed by atoms with Crippen molar-refractivity contribution in [3.63, 3.8) is 0 Å². The van der Waals surface area contributed by atoms with Crippen LogP contribution in [0.4, 0.5) is 0 Å². The second-order valence-electron chi connectivity index (χ2n) is 3.55. The van der Waals surface area contributed by atoms with Crippen molar-refractivity contribution < 1.29 is 18.3 Å². The van der Waals surface area contributed by atoms with Crippen molar-refractivity contribution in [2.75, 3.05) is 12.8 Å². The first kappa shape index (κ1) is 14.1. The van der Waals surface area contributed by atoms with E-state index in [2.05, 4.69) is 15.9 Å². The van der Waals surface area contributed by atoms with Gasteiger partial charge in [-0.15, -0.1) is 0 Å². The molecule has 17 heavy (non-hydrogen) atoms. The predicted molar refractivity (Wildman–Crippen MR) is 67.0 cm³/mol. The van der Waals surface area contributed by atoms with Gasteiger partial charge in [0.15, 0.2) is 0 Å². The number of benzene rings is 1. The molecule has 0 aliphatic rings. The zero-order valence-corrected chi connectivity index (χ0v) is 11.5. The minimum atomic E-state index is -3.53. The molecule has 0 bridgehead atoms. The summed E-state index contributed by atoms with van der Waals surface area (Å²) in [5.41, 5.74) is 0.728. The molecule has 0 radical (unpaired) electrons. The lowest BCUT2D eigenvalue weighted by molar-refractivity contribution is -0.137. The van der Waals surface area contributed by atoms with Crippen LogP contribution in [0.3, 0.4) is 0 Å². The van der Waals surface area contributed by atoms with E-state index < -0.39 is 22.5 Å². The quantitative estimate of drug-likeness (QED) is 0.886. The molecule has 0 amide bonds. The topological polar surface area (TPSA) is 74.7 Å². The van der Waals surface area contributed by atoms with E-state index in [0.29, 0.717) is 0 Å². The molecule has 0 saturated carbocycles. The van der Waals surface area contributed by atoms with Gasteiger partial charge in [0, 0.05) is 11.0 Å². The van der Waals surface area contributed by atoms with Gasteiger partial charge in [-0.25, -0.2) is 8.42 Å². The van der Waals surface area contributed by atoms with Gasteiger partial charge in [-0.2, -0.15) is 4.31 Å². The molecule has 0 heterocycles. The van der Waals surface area contributed by atoms with Gasteiger partial charge in [0.05, 0.1) is 6.26 Å². The maximum Gasteiger partial charge on any atom is 0.318 e. The predicted octanol–water partition coefficient (Wildman–Crippen LogP) is 1.30. The third-order valence-corrected chi connectivity index (χ3v) is 3.72. The molecule has 1 aromatic rings. The monoisotopic (exact) mass is 321 g/mol. The maximum absolute atomic E-state index is 11.4. The van der Waals surface area contributed by atoms with Gasteiger partial charge in [0.25, 0.3) is 0 Å². The van der Waals surface area contributed by atoms with E-state index in [1.54, 1.807) is 18.2 Å². The summed E-state index contributed by atoms with van der Waals surface area (Å²) in [6.45, 7) is -0.490. The normalized spacial score (nSPS) is 11.7. The molecule has 0 fully saturated rings. The number of hydrogen-bond acceptors (Lipinski definition) is 3. The molecule has 0 saturated heterocycles. The van der Waals surface area contributed by atoms with Crippen LogP contribution in [-0.4, -0.2) is 36.6 Å². The molecule has 0 aliphatic heterocycles. The molecule has 1 N–H and O–H groups in total. The summed E-state index contributed by atoms with van der Waals surface area (Å²) in [5.74, 6) is -1.18. The summed E-state index contributed by atoms with van der Waals surface area (Å²) in [4.78, 5) is 10.6. The molecule has 7 heteroatoms. The van der Waals surface area contributed by atoms with E-state index >= 15 is 0 Å². The number of aliphatic carboxylic acids is 1. The average Bonchev–Trinajstić information content (AvgIpc) is 2.14. The van der Waals surface area contributed by atoms with Gasteiger partial charge in [-0.3, -0.25) is 4.79 Å². The third kappa shape index (κ3) is 4.84. The van der Waals surface area contributed by atoms with Gasteiger partial charge in [0.1, 0.15) is 6.54 Å². The molecule has 0 atom stereocenters. The SMILES string of the molecule is CS(=O)(=O)N(CC(=O)O)Cc1cccc(Br)c1. The number of sulfonamides is 1. The second-order valence-corrected chi connectivity index (χ2v) is 6.45. The third-order valence-electron chi connectivity index (χ3n) is 2.03. The molecule has 0 unspecified atom stereocenters. The lowest BCUT2D eigenvalue weighted by atomic mass is 10.2. The minimum absolute atomic E-state index is 0.0462. The smallest absolute Gasteiger partial charge is 0.318 e. The zero-order chi connectivity index (χ0) is 13.1. The molecule has 5 nitrogen and oxygen atoms in total. The van der Waals surface area contributed by atoms with Crippen LogP contribution in [-0.2, 0) is 21.4 Å². The first-order valence-corrected chi connectivity index (χ1v) is 7.34. The van der Waals surface area contributed by atoms with E-state index in [4.69, 9.17) is 5.11 Å². The highest BCUT2D eigenvalue weighted by Gasteiger charge is 2.19. The lowest BCUT2D eigenvalue weighted by Gasteiger charge is -2.17. The molecular weight excluding hydrogens is 310 g/mol. The van der Waals surface area contributed by atoms with Crippen LogP contribution in [0.5, 0.6) is 0 Å². The van der Waals surface area contributed by atoms with Crippen molar-refractivity contribution in [1.29, 1.82) is 0 Å². The van der Waals surface area contributed by atoms with E-state index in [9.17, 15) is 13.2 Å². The molecule has 0 spiro atoms. The Bertz CT molecular complexity index is 515. The summed E-state index contributed by atoms with van der Waals surface area (Å²) in [7, 11) is -3.53. The Morgan fingerprint density at radius 3 is 2.59 bits per heavy atom. The number of carboxylic acids is 1. The maximum atomic E-state index is 11.4. The van der Waals surface area contributed by atoms with E-state index in [1.165, 1.54) is 0 Å². The number of nitrogens with zero attached hydrogens (tertiary/aromatic N) is 1. The first-order chi connectivity index (χ1) is 7.79. The van der Waals surface area contributed by atoms with Crippen LogP contribution >= 0.6 is 15.9 Å². The van der Waals surface area contributed by atoms with Gasteiger partial charge in [-0.05, 0) is 17.7 Å². The van der Waals surface area contributed by atoms with Crippen molar-refractivity contribution in [1.82, 2.24) is 4.31 Å². The Morgan fingerprint density at radius 1 is 1.47 bits per heavy atom. The number of carboxylic acid groups (broad SMARTS) is 1. The standard InChI is InChI=1S/C10H12BrNO4S/c1-17(15,16)12(7-10(13)14)6-8-3-2-4-9(11)5-8/h2-5H,6-7H2,1H3,(H,13,14). The first-order valence-electron chi connectivity index (χ1n) is 4.70. The van der Waals surface area contributed by atoms with E-state index in [-0.39, 0.29) is 6.54 Å². The minimum Gasteiger partial charge on any atom is -0.480 e. The lowest BCUT2D eigenvalue weighted by Crippen LogP contribution is -2.34. The Labute approximate surface area is 108 Å². The fourth-order valence-corrected chi connectivity index (χ4v) is 2.46. The molecule has 0 aliphatic carbocycles. The summed E-state index contributed by atoms with van der Waals surface area (Å²) in [6.07, 6.45) is 0.994. The van der Waals surface area contributed by atoms with E-state index in [0.717, 1.165) is 20.6 Å². The van der Waals surface area contributed by atoms with Crippen molar-refractivity contribution >= 4 is 31.9 Å². The van der Waals surface area contributed by atoms with Crippen LogP contribution in [0, 0.1) is 0 Å². The van der Waals surface area contributed by atoms with Gasteiger partial charge in [-0.1, -0.05) is 28.1 Å². The Hall–Kier alpha value is -0.920. The van der Waals surface area contributed by atoms with Crippen molar-refractivity contribution in [2.24, 2.45) is 0 Å². The number of halogens is 1. The molecule has 0 aromatic heterocycles. The Morgan fingerprint density at radius 2 is 2.12 bits per heavy atom. The van der Waals surface area contributed by atoms with Crippen LogP contribution in [0.15, 0.2) is 28.7 Å². The highest BCUT2D eigenvalue weighted by molar-refractivity contribution is 9.10. The Kier molecular flexibility index (Phi) is 4.67. The fraction of sp³-hybridized carbons (Fsp3) is 0.300. The highest BCUT2D eigenvalue weighted by Crippen LogP contribution is 2.14. The summed E-state index contributed by atoms with van der Waals surface area (Å²) < 4.78 is 24.5. The zero-order valence-electron chi connectivity index (χ0n) is 9.13. The van der Waals surface area contributed by atoms with Crippen LogP contribution in [0.25, 0.3) is 0 Å². The van der Waals surface area contributed by atoms with Crippen LogP contribution in [0.2, 0.25) is 0 Å². The molecule has 94 valence electrons. The summed E-state index contributed by atoms with van der Waals surface area (Å²) in [6, 6.07) is 7.07. The average molecular weight is 322 g/mol.